The van der Waals surface area contributed by atoms with Gasteiger partial charge in [0.2, 0.25) is 0 Å². The molecule has 2 N–H and O–H groups in total. The Hall–Kier alpha value is -1.66. The number of hydrogen-bond donors (Lipinski definition) is 2. The largest absolute Gasteiger partial charge is 0.356 e. The number of guanidine groups is 1. The smallest absolute Gasteiger partial charge is 0.191 e. The topological polar surface area (TPSA) is 42.9 Å². The SMILES string of the molecule is CN=C(NCCc1ccccc1F)NCCN1CCCN(C)CC1. The molecule has 1 aromatic rings. The second-order valence-corrected chi connectivity index (χ2v) is 6.27. The predicted molar refractivity (Wildman–Crippen MR) is 98.0 cm³/mol. The average Bonchev–Trinajstić information content (AvgIpc) is 2.79. The van der Waals surface area contributed by atoms with Gasteiger partial charge in [0.25, 0.3) is 0 Å². The average molecular weight is 335 g/mol. The normalized spacial score (nSPS) is 17.5. The van der Waals surface area contributed by atoms with Crippen LogP contribution in [0.5, 0.6) is 0 Å². The number of rotatable bonds is 6. The van der Waals surface area contributed by atoms with Crippen LogP contribution in [0.15, 0.2) is 29.3 Å². The predicted octanol–water partition coefficient (Wildman–Crippen LogP) is 1.17. The summed E-state index contributed by atoms with van der Waals surface area (Å²) in [6, 6.07) is 6.90. The maximum Gasteiger partial charge on any atom is 0.191 e. The summed E-state index contributed by atoms with van der Waals surface area (Å²) in [5, 5.41) is 6.59. The van der Waals surface area contributed by atoms with Gasteiger partial charge in [0.15, 0.2) is 5.96 Å². The molecule has 1 aliphatic rings. The van der Waals surface area contributed by atoms with Crippen molar-refractivity contribution in [2.45, 2.75) is 12.8 Å². The second-order valence-electron chi connectivity index (χ2n) is 6.27. The summed E-state index contributed by atoms with van der Waals surface area (Å²) in [5.74, 6) is 0.631. The molecule has 0 amide bonds. The van der Waals surface area contributed by atoms with E-state index in [1.807, 2.05) is 12.1 Å². The molecule has 1 heterocycles. The van der Waals surface area contributed by atoms with Gasteiger partial charge in [-0.2, -0.15) is 0 Å². The molecule has 1 aromatic carbocycles. The zero-order chi connectivity index (χ0) is 17.2. The number of aliphatic imine (C=N–C) groups is 1. The zero-order valence-corrected chi connectivity index (χ0v) is 14.9. The van der Waals surface area contributed by atoms with Crippen LogP contribution >= 0.6 is 0 Å². The van der Waals surface area contributed by atoms with Crippen LogP contribution in [0, 0.1) is 5.82 Å². The molecule has 0 aliphatic carbocycles. The summed E-state index contributed by atoms with van der Waals surface area (Å²) in [4.78, 5) is 9.10. The second kappa shape index (κ2) is 10.3. The van der Waals surface area contributed by atoms with Crippen molar-refractivity contribution in [3.8, 4) is 0 Å². The molecule has 0 aromatic heterocycles. The van der Waals surface area contributed by atoms with E-state index in [1.54, 1.807) is 13.1 Å². The van der Waals surface area contributed by atoms with Crippen molar-refractivity contribution in [1.29, 1.82) is 0 Å². The van der Waals surface area contributed by atoms with Crippen molar-refractivity contribution in [2.75, 3.05) is 59.9 Å². The quantitative estimate of drug-likeness (QED) is 0.605. The van der Waals surface area contributed by atoms with E-state index in [0.717, 1.165) is 44.2 Å². The summed E-state index contributed by atoms with van der Waals surface area (Å²) >= 11 is 0. The van der Waals surface area contributed by atoms with Gasteiger partial charge in [-0.25, -0.2) is 4.39 Å². The number of benzene rings is 1. The lowest BCUT2D eigenvalue weighted by molar-refractivity contribution is 0.280. The maximum absolute atomic E-state index is 13.6. The van der Waals surface area contributed by atoms with Gasteiger partial charge in [-0.3, -0.25) is 4.99 Å². The molecule has 0 unspecified atom stereocenters. The molecule has 1 saturated heterocycles. The van der Waals surface area contributed by atoms with Crippen LogP contribution in [0.2, 0.25) is 0 Å². The van der Waals surface area contributed by atoms with Crippen molar-refractivity contribution in [2.24, 2.45) is 4.99 Å². The van der Waals surface area contributed by atoms with E-state index in [-0.39, 0.29) is 5.82 Å². The third kappa shape index (κ3) is 6.45. The molecule has 0 bridgehead atoms. The third-order valence-electron chi connectivity index (χ3n) is 4.40. The van der Waals surface area contributed by atoms with Crippen LogP contribution in [0.3, 0.4) is 0 Å². The van der Waals surface area contributed by atoms with Crippen molar-refractivity contribution in [3.05, 3.63) is 35.6 Å². The number of nitrogens with zero attached hydrogens (tertiary/aromatic N) is 3. The number of halogens is 1. The first kappa shape index (κ1) is 18.7. The minimum Gasteiger partial charge on any atom is -0.356 e. The zero-order valence-electron chi connectivity index (χ0n) is 14.9. The van der Waals surface area contributed by atoms with E-state index in [0.29, 0.717) is 13.0 Å². The Labute approximate surface area is 144 Å². The van der Waals surface area contributed by atoms with Crippen LogP contribution in [0.4, 0.5) is 4.39 Å². The summed E-state index contributed by atoms with van der Waals surface area (Å²) in [6.07, 6.45) is 1.87. The molecule has 24 heavy (non-hydrogen) atoms. The van der Waals surface area contributed by atoms with Crippen LogP contribution in [-0.4, -0.2) is 75.7 Å². The van der Waals surface area contributed by atoms with Crippen molar-refractivity contribution >= 4 is 5.96 Å². The lowest BCUT2D eigenvalue weighted by Gasteiger charge is -2.21. The lowest BCUT2D eigenvalue weighted by Crippen LogP contribution is -2.42. The molecule has 134 valence electrons. The molecule has 0 radical (unpaired) electrons. The van der Waals surface area contributed by atoms with Crippen LogP contribution in [-0.2, 0) is 6.42 Å². The molecular formula is C18H30FN5. The Bertz CT molecular complexity index is 520. The Balaban J connectivity index is 1.64. The summed E-state index contributed by atoms with van der Waals surface area (Å²) in [6.45, 7) is 7.14. The molecule has 1 fully saturated rings. The Kier molecular flexibility index (Phi) is 7.98. The fourth-order valence-electron chi connectivity index (χ4n) is 2.89. The van der Waals surface area contributed by atoms with E-state index >= 15 is 0 Å². The highest BCUT2D eigenvalue weighted by Crippen LogP contribution is 2.06. The summed E-state index contributed by atoms with van der Waals surface area (Å²) < 4.78 is 13.6. The Morgan fingerprint density at radius 2 is 1.92 bits per heavy atom. The van der Waals surface area contributed by atoms with Gasteiger partial charge in [-0.05, 0) is 44.6 Å². The first-order chi connectivity index (χ1) is 11.7. The van der Waals surface area contributed by atoms with E-state index < -0.39 is 0 Å². The Morgan fingerprint density at radius 3 is 2.71 bits per heavy atom. The molecule has 0 saturated carbocycles. The molecule has 6 heteroatoms. The van der Waals surface area contributed by atoms with Gasteiger partial charge in [0.1, 0.15) is 5.82 Å². The van der Waals surface area contributed by atoms with Crippen molar-refractivity contribution < 1.29 is 4.39 Å². The number of nitrogens with one attached hydrogen (secondary N) is 2. The van der Waals surface area contributed by atoms with Gasteiger partial charge < -0.3 is 20.4 Å². The minimum absolute atomic E-state index is 0.145. The summed E-state index contributed by atoms with van der Waals surface area (Å²) in [5.41, 5.74) is 0.731. The van der Waals surface area contributed by atoms with Crippen LogP contribution in [0.1, 0.15) is 12.0 Å². The highest BCUT2D eigenvalue weighted by atomic mass is 19.1. The van der Waals surface area contributed by atoms with Gasteiger partial charge in [0.05, 0.1) is 0 Å². The molecular weight excluding hydrogens is 305 g/mol. The van der Waals surface area contributed by atoms with Crippen LogP contribution in [0.25, 0.3) is 0 Å². The van der Waals surface area contributed by atoms with E-state index in [9.17, 15) is 4.39 Å². The van der Waals surface area contributed by atoms with Gasteiger partial charge in [-0.15, -0.1) is 0 Å². The van der Waals surface area contributed by atoms with Gasteiger partial charge >= 0.3 is 0 Å². The lowest BCUT2D eigenvalue weighted by atomic mass is 10.1. The van der Waals surface area contributed by atoms with Crippen LogP contribution < -0.4 is 10.6 Å². The molecule has 0 atom stereocenters. The standard InChI is InChI=1S/C18H30FN5/c1-20-18(21-9-8-16-6-3-4-7-17(16)19)22-10-13-24-12-5-11-23(2)14-15-24/h3-4,6-7H,5,8-15H2,1-2H3,(H2,20,21,22). The maximum atomic E-state index is 13.6. The number of likely N-dealkylation sites (N-methyl/N-ethyl adjacent to an activating group) is 1. The van der Waals surface area contributed by atoms with Crippen molar-refractivity contribution in [1.82, 2.24) is 20.4 Å². The fraction of sp³-hybridized carbons (Fsp3) is 0.611. The van der Waals surface area contributed by atoms with Gasteiger partial charge in [0, 0.05) is 39.8 Å². The van der Waals surface area contributed by atoms with Gasteiger partial charge in [-0.1, -0.05) is 18.2 Å². The van der Waals surface area contributed by atoms with E-state index in [2.05, 4.69) is 32.5 Å². The highest BCUT2D eigenvalue weighted by molar-refractivity contribution is 5.79. The highest BCUT2D eigenvalue weighted by Gasteiger charge is 2.11. The monoisotopic (exact) mass is 335 g/mol. The van der Waals surface area contributed by atoms with E-state index in [4.69, 9.17) is 0 Å². The molecule has 1 aliphatic heterocycles. The molecule has 5 nitrogen and oxygen atoms in total. The Morgan fingerprint density at radius 1 is 1.12 bits per heavy atom. The fourth-order valence-corrected chi connectivity index (χ4v) is 2.89. The number of hydrogen-bond acceptors (Lipinski definition) is 3. The van der Waals surface area contributed by atoms with E-state index in [1.165, 1.54) is 19.0 Å². The third-order valence-corrected chi connectivity index (χ3v) is 4.40. The molecule has 2 rings (SSSR count). The minimum atomic E-state index is -0.145. The summed E-state index contributed by atoms with van der Waals surface area (Å²) in [7, 11) is 3.95. The van der Waals surface area contributed by atoms with Crippen molar-refractivity contribution in [3.63, 3.8) is 0 Å². The first-order valence-corrected chi connectivity index (χ1v) is 8.78. The first-order valence-electron chi connectivity index (χ1n) is 8.78. The molecule has 0 spiro atoms.